The summed E-state index contributed by atoms with van der Waals surface area (Å²) < 4.78 is 0. The van der Waals surface area contributed by atoms with Gasteiger partial charge in [-0.05, 0) is 48.2 Å². The van der Waals surface area contributed by atoms with Crippen LogP contribution in [0.3, 0.4) is 0 Å². The van der Waals surface area contributed by atoms with Gasteiger partial charge in [0, 0.05) is 17.3 Å². The molecule has 0 spiro atoms. The third-order valence-electron chi connectivity index (χ3n) is 4.41. The Morgan fingerprint density at radius 1 is 1.00 bits per heavy atom. The van der Waals surface area contributed by atoms with Crippen molar-refractivity contribution in [2.24, 2.45) is 0 Å². The average molecular weight is 412 g/mol. The molecule has 29 heavy (non-hydrogen) atoms. The lowest BCUT2D eigenvalue weighted by Crippen LogP contribution is -2.08. The lowest BCUT2D eigenvalue weighted by Gasteiger charge is -2.11. The molecule has 0 aliphatic heterocycles. The molecule has 1 aromatic heterocycles. The number of nitrogens with one attached hydrogen (secondary N) is 2. The molecule has 0 aliphatic carbocycles. The molecule has 0 saturated heterocycles. The highest BCUT2D eigenvalue weighted by molar-refractivity contribution is 6.30. The quantitative estimate of drug-likeness (QED) is 0.344. The first-order chi connectivity index (χ1) is 14.1. The topological polar surface area (TPSA) is 93.0 Å². The van der Waals surface area contributed by atoms with Crippen LogP contribution in [0.5, 0.6) is 0 Å². The number of hydrogen-bond acceptors (Lipinski definition) is 6. The van der Waals surface area contributed by atoms with E-state index < -0.39 is 4.92 Å². The summed E-state index contributed by atoms with van der Waals surface area (Å²) in [6, 6.07) is 15.1. The lowest BCUT2D eigenvalue weighted by molar-refractivity contribution is -0.383. The zero-order valence-corrected chi connectivity index (χ0v) is 16.8. The Kier molecular flexibility index (Phi) is 6.97. The van der Waals surface area contributed by atoms with Gasteiger partial charge in [0.05, 0.1) is 4.92 Å². The highest BCUT2D eigenvalue weighted by Gasteiger charge is 2.23. The van der Waals surface area contributed by atoms with E-state index in [-0.39, 0.29) is 17.3 Å². The second-order valence-electron chi connectivity index (χ2n) is 6.58. The van der Waals surface area contributed by atoms with E-state index >= 15 is 0 Å². The number of nitro groups is 1. The predicted molar refractivity (Wildman–Crippen MR) is 116 cm³/mol. The predicted octanol–water partition coefficient (Wildman–Crippen LogP) is 5.74. The van der Waals surface area contributed by atoms with Crippen molar-refractivity contribution >= 4 is 34.6 Å². The van der Waals surface area contributed by atoms with Crippen LogP contribution >= 0.6 is 11.6 Å². The molecule has 0 aliphatic rings. The SMILES string of the molecule is CCCCc1ccc(Nc2ncnc(NCc3ccc(Cl)cc3)c2[N+](=O)[O-])cc1. The van der Waals surface area contributed by atoms with Gasteiger partial charge in [0.1, 0.15) is 6.33 Å². The van der Waals surface area contributed by atoms with Gasteiger partial charge in [0.25, 0.3) is 0 Å². The first-order valence-electron chi connectivity index (χ1n) is 9.40. The van der Waals surface area contributed by atoms with Crippen LogP contribution < -0.4 is 10.6 Å². The van der Waals surface area contributed by atoms with Gasteiger partial charge in [0.15, 0.2) is 0 Å². The number of aryl methyl sites for hydroxylation is 1. The first kappa shape index (κ1) is 20.5. The zero-order valence-electron chi connectivity index (χ0n) is 16.1. The summed E-state index contributed by atoms with van der Waals surface area (Å²) >= 11 is 5.89. The summed E-state index contributed by atoms with van der Waals surface area (Å²) in [6.07, 6.45) is 4.59. The van der Waals surface area contributed by atoms with Gasteiger partial charge >= 0.3 is 5.69 Å². The molecule has 2 N–H and O–H groups in total. The van der Waals surface area contributed by atoms with Crippen molar-refractivity contribution in [1.29, 1.82) is 0 Å². The van der Waals surface area contributed by atoms with E-state index in [4.69, 9.17) is 11.6 Å². The minimum atomic E-state index is -0.484. The molecule has 2 aromatic carbocycles. The number of rotatable bonds is 9. The summed E-state index contributed by atoms with van der Waals surface area (Å²) in [5, 5.41) is 18.4. The molecule has 0 unspecified atom stereocenters. The molecular weight excluding hydrogens is 390 g/mol. The van der Waals surface area contributed by atoms with Crippen LogP contribution in [0.2, 0.25) is 5.02 Å². The van der Waals surface area contributed by atoms with Crippen LogP contribution in [0.1, 0.15) is 30.9 Å². The molecule has 0 saturated carbocycles. The summed E-state index contributed by atoms with van der Waals surface area (Å²) in [4.78, 5) is 19.3. The number of hydrogen-bond donors (Lipinski definition) is 2. The Hall–Kier alpha value is -3.19. The second-order valence-corrected chi connectivity index (χ2v) is 7.02. The summed E-state index contributed by atoms with van der Waals surface area (Å²) in [6.45, 7) is 2.53. The Labute approximate surface area is 174 Å². The lowest BCUT2D eigenvalue weighted by atomic mass is 10.1. The van der Waals surface area contributed by atoms with Gasteiger partial charge in [-0.3, -0.25) is 10.1 Å². The van der Waals surface area contributed by atoms with E-state index in [9.17, 15) is 10.1 Å². The molecule has 3 aromatic rings. The van der Waals surface area contributed by atoms with Crippen molar-refractivity contribution in [3.8, 4) is 0 Å². The normalized spacial score (nSPS) is 10.6. The minimum Gasteiger partial charge on any atom is -0.360 e. The molecule has 1 heterocycles. The van der Waals surface area contributed by atoms with Crippen molar-refractivity contribution in [2.45, 2.75) is 32.7 Å². The molecule has 0 bridgehead atoms. The number of anilines is 3. The molecule has 0 amide bonds. The fraction of sp³-hybridized carbons (Fsp3) is 0.238. The number of halogens is 1. The monoisotopic (exact) mass is 411 g/mol. The standard InChI is InChI=1S/C21H22ClN5O2/c1-2-3-4-15-7-11-18(12-8-15)26-21-19(27(28)29)20(24-14-25-21)23-13-16-5-9-17(22)10-6-16/h5-12,14H,2-4,13H2,1H3,(H2,23,24,25,26). The van der Waals surface area contributed by atoms with E-state index in [0.717, 1.165) is 30.5 Å². The summed E-state index contributed by atoms with van der Waals surface area (Å²) in [7, 11) is 0. The van der Waals surface area contributed by atoms with E-state index in [0.29, 0.717) is 11.6 Å². The number of unbranched alkanes of at least 4 members (excludes halogenated alkanes) is 1. The highest BCUT2D eigenvalue weighted by Crippen LogP contribution is 2.31. The van der Waals surface area contributed by atoms with E-state index in [1.165, 1.54) is 11.9 Å². The van der Waals surface area contributed by atoms with Gasteiger partial charge in [-0.1, -0.05) is 49.2 Å². The molecule has 8 heteroatoms. The smallest absolute Gasteiger partial charge is 0.353 e. The fourth-order valence-electron chi connectivity index (χ4n) is 2.83. The van der Waals surface area contributed by atoms with E-state index in [2.05, 4.69) is 27.5 Å². The summed E-state index contributed by atoms with van der Waals surface area (Å²) in [5.41, 5.74) is 2.70. The molecule has 3 rings (SSSR count). The summed E-state index contributed by atoms with van der Waals surface area (Å²) in [5.74, 6) is 0.298. The van der Waals surface area contributed by atoms with E-state index in [1.54, 1.807) is 12.1 Å². The van der Waals surface area contributed by atoms with Gasteiger partial charge in [-0.25, -0.2) is 9.97 Å². The van der Waals surface area contributed by atoms with Crippen LogP contribution in [-0.4, -0.2) is 14.9 Å². The van der Waals surface area contributed by atoms with Crippen LogP contribution in [0.15, 0.2) is 54.9 Å². The maximum Gasteiger partial charge on any atom is 0.353 e. The van der Waals surface area contributed by atoms with Crippen LogP contribution in [0.25, 0.3) is 0 Å². The van der Waals surface area contributed by atoms with Crippen molar-refractivity contribution in [3.05, 3.63) is 81.1 Å². The number of aromatic nitrogens is 2. The van der Waals surface area contributed by atoms with Crippen molar-refractivity contribution in [1.82, 2.24) is 9.97 Å². The maximum atomic E-state index is 11.7. The van der Waals surface area contributed by atoms with E-state index in [1.807, 2.05) is 36.4 Å². The van der Waals surface area contributed by atoms with Gasteiger partial charge < -0.3 is 10.6 Å². The Morgan fingerprint density at radius 2 is 1.66 bits per heavy atom. The van der Waals surface area contributed by atoms with Crippen molar-refractivity contribution < 1.29 is 4.92 Å². The molecule has 0 radical (unpaired) electrons. The minimum absolute atomic E-state index is 0.143. The molecule has 0 atom stereocenters. The van der Waals surface area contributed by atoms with Gasteiger partial charge in [-0.15, -0.1) is 0 Å². The van der Waals surface area contributed by atoms with Crippen molar-refractivity contribution in [2.75, 3.05) is 10.6 Å². The fourth-order valence-corrected chi connectivity index (χ4v) is 2.96. The second kappa shape index (κ2) is 9.84. The average Bonchev–Trinajstić information content (AvgIpc) is 2.72. The maximum absolute atomic E-state index is 11.7. The molecule has 0 fully saturated rings. The largest absolute Gasteiger partial charge is 0.360 e. The Balaban J connectivity index is 1.77. The molecular formula is C21H22ClN5O2. The third-order valence-corrected chi connectivity index (χ3v) is 4.67. The first-order valence-corrected chi connectivity index (χ1v) is 9.78. The van der Waals surface area contributed by atoms with Crippen LogP contribution in [0, 0.1) is 10.1 Å². The van der Waals surface area contributed by atoms with Crippen LogP contribution in [-0.2, 0) is 13.0 Å². The number of benzene rings is 2. The zero-order chi connectivity index (χ0) is 20.6. The highest BCUT2D eigenvalue weighted by atomic mass is 35.5. The van der Waals surface area contributed by atoms with Crippen molar-refractivity contribution in [3.63, 3.8) is 0 Å². The number of nitrogens with zero attached hydrogens (tertiary/aromatic N) is 3. The van der Waals surface area contributed by atoms with Gasteiger partial charge in [0.2, 0.25) is 11.6 Å². The van der Waals surface area contributed by atoms with Gasteiger partial charge in [-0.2, -0.15) is 0 Å². The Bertz CT molecular complexity index is 962. The Morgan fingerprint density at radius 3 is 2.31 bits per heavy atom. The molecule has 7 nitrogen and oxygen atoms in total. The van der Waals surface area contributed by atoms with Crippen LogP contribution in [0.4, 0.5) is 23.0 Å². The third kappa shape index (κ3) is 5.65. The molecule has 150 valence electrons.